The van der Waals surface area contributed by atoms with Crippen LogP contribution in [0.15, 0.2) is 69.5 Å². The summed E-state index contributed by atoms with van der Waals surface area (Å²) in [4.78, 5) is 9.32. The molecule has 0 fully saturated rings. The summed E-state index contributed by atoms with van der Waals surface area (Å²) in [6.45, 7) is 0.672. The lowest BCUT2D eigenvalue weighted by Gasteiger charge is -2.16. The lowest BCUT2D eigenvalue weighted by Crippen LogP contribution is -2.17. The standard InChI is InChI=1S/C22H23BrN4O2S/c23-17-10-12-18(13-11-17)30(28,29)27-22-21(24-15-14-16-6-2-1-3-7-16)25-19-8-4-5-9-20(19)26-22/h4-6,8-13H,1-3,7,14-15H2,(H,24,25)(H,26,27). The molecule has 0 saturated carbocycles. The van der Waals surface area contributed by atoms with E-state index in [0.29, 0.717) is 23.4 Å². The van der Waals surface area contributed by atoms with Crippen molar-refractivity contribution in [1.29, 1.82) is 0 Å². The van der Waals surface area contributed by atoms with E-state index in [4.69, 9.17) is 0 Å². The molecule has 8 heteroatoms. The topological polar surface area (TPSA) is 84.0 Å². The molecule has 156 valence electrons. The number of anilines is 2. The average Bonchev–Trinajstić information content (AvgIpc) is 2.75. The van der Waals surface area contributed by atoms with Gasteiger partial charge in [-0.2, -0.15) is 0 Å². The minimum absolute atomic E-state index is 0.166. The van der Waals surface area contributed by atoms with Gasteiger partial charge < -0.3 is 5.32 Å². The zero-order chi connectivity index (χ0) is 21.0. The maximum atomic E-state index is 12.9. The van der Waals surface area contributed by atoms with Gasteiger partial charge in [-0.25, -0.2) is 18.4 Å². The fourth-order valence-corrected chi connectivity index (χ4v) is 4.74. The van der Waals surface area contributed by atoms with E-state index in [2.05, 4.69) is 42.0 Å². The summed E-state index contributed by atoms with van der Waals surface area (Å²) in [5.41, 5.74) is 2.79. The third-order valence-electron chi connectivity index (χ3n) is 5.05. The molecule has 1 aromatic heterocycles. The second kappa shape index (κ2) is 9.14. The van der Waals surface area contributed by atoms with Gasteiger partial charge in [-0.3, -0.25) is 4.72 Å². The Labute approximate surface area is 185 Å². The minimum Gasteiger partial charge on any atom is -0.367 e. The molecule has 1 aliphatic rings. The van der Waals surface area contributed by atoms with Crippen LogP contribution in [-0.4, -0.2) is 24.9 Å². The Morgan fingerprint density at radius 1 is 0.933 bits per heavy atom. The van der Waals surface area contributed by atoms with E-state index < -0.39 is 10.0 Å². The SMILES string of the molecule is O=S(=O)(Nc1nc2ccccc2nc1NCCC1=CCCCC1)c1ccc(Br)cc1. The summed E-state index contributed by atoms with van der Waals surface area (Å²) in [7, 11) is -3.79. The summed E-state index contributed by atoms with van der Waals surface area (Å²) >= 11 is 3.33. The lowest BCUT2D eigenvalue weighted by atomic mass is 9.97. The van der Waals surface area contributed by atoms with Gasteiger partial charge in [0.2, 0.25) is 0 Å². The summed E-state index contributed by atoms with van der Waals surface area (Å²) in [6.07, 6.45) is 7.99. The quantitative estimate of drug-likeness (QED) is 0.431. The molecule has 1 aliphatic carbocycles. The second-order valence-electron chi connectivity index (χ2n) is 7.25. The van der Waals surface area contributed by atoms with Gasteiger partial charge >= 0.3 is 0 Å². The third-order valence-corrected chi connectivity index (χ3v) is 6.93. The zero-order valence-electron chi connectivity index (χ0n) is 16.4. The van der Waals surface area contributed by atoms with Crippen LogP contribution in [0.2, 0.25) is 0 Å². The van der Waals surface area contributed by atoms with Gasteiger partial charge in [0, 0.05) is 11.0 Å². The predicted octanol–water partition coefficient (Wildman–Crippen LogP) is 5.50. The largest absolute Gasteiger partial charge is 0.367 e. The van der Waals surface area contributed by atoms with Gasteiger partial charge in [0.25, 0.3) is 10.0 Å². The van der Waals surface area contributed by atoms with Crippen LogP contribution < -0.4 is 10.0 Å². The Balaban J connectivity index is 1.60. The van der Waals surface area contributed by atoms with Crippen LogP contribution in [0.1, 0.15) is 32.1 Å². The highest BCUT2D eigenvalue weighted by Crippen LogP contribution is 2.26. The number of halogens is 1. The van der Waals surface area contributed by atoms with Crippen molar-refractivity contribution < 1.29 is 8.42 Å². The first kappa shape index (κ1) is 20.8. The van der Waals surface area contributed by atoms with E-state index in [1.807, 2.05) is 24.3 Å². The van der Waals surface area contributed by atoms with Crippen molar-refractivity contribution in [2.45, 2.75) is 37.0 Å². The summed E-state index contributed by atoms with van der Waals surface area (Å²) in [5.74, 6) is 0.639. The van der Waals surface area contributed by atoms with E-state index >= 15 is 0 Å². The Hall–Kier alpha value is -2.45. The molecular weight excluding hydrogens is 464 g/mol. The fourth-order valence-electron chi connectivity index (χ4n) is 3.47. The summed E-state index contributed by atoms with van der Waals surface area (Å²) in [5, 5.41) is 3.29. The maximum Gasteiger partial charge on any atom is 0.263 e. The van der Waals surface area contributed by atoms with Crippen molar-refractivity contribution in [2.75, 3.05) is 16.6 Å². The number of sulfonamides is 1. The maximum absolute atomic E-state index is 12.9. The van der Waals surface area contributed by atoms with E-state index in [-0.39, 0.29) is 10.7 Å². The van der Waals surface area contributed by atoms with Crippen molar-refractivity contribution in [3.8, 4) is 0 Å². The number of fused-ring (bicyclic) bond motifs is 1. The minimum atomic E-state index is -3.79. The van der Waals surface area contributed by atoms with Gasteiger partial charge in [-0.1, -0.05) is 39.7 Å². The molecule has 0 atom stereocenters. The number of nitrogens with zero attached hydrogens (tertiary/aromatic N) is 2. The average molecular weight is 487 g/mol. The summed E-state index contributed by atoms with van der Waals surface area (Å²) < 4.78 is 29.2. The van der Waals surface area contributed by atoms with Gasteiger partial charge in [0.05, 0.1) is 15.9 Å². The van der Waals surface area contributed by atoms with Crippen molar-refractivity contribution in [2.24, 2.45) is 0 Å². The van der Waals surface area contributed by atoms with Crippen LogP contribution in [0.25, 0.3) is 11.0 Å². The number of hydrogen-bond donors (Lipinski definition) is 2. The number of para-hydroxylation sites is 2. The zero-order valence-corrected chi connectivity index (χ0v) is 18.8. The number of benzene rings is 2. The molecule has 0 amide bonds. The highest BCUT2D eigenvalue weighted by Gasteiger charge is 2.19. The molecule has 0 aliphatic heterocycles. The van der Waals surface area contributed by atoms with Crippen LogP contribution in [0.3, 0.4) is 0 Å². The third kappa shape index (κ3) is 4.99. The fraction of sp³-hybridized carbons (Fsp3) is 0.273. The number of hydrogen-bond acceptors (Lipinski definition) is 5. The molecule has 2 aromatic carbocycles. The Kier molecular flexibility index (Phi) is 6.34. The highest BCUT2D eigenvalue weighted by atomic mass is 79.9. The molecule has 0 radical (unpaired) electrons. The van der Waals surface area contributed by atoms with E-state index in [1.165, 1.54) is 18.4 Å². The van der Waals surface area contributed by atoms with Crippen LogP contribution in [0.5, 0.6) is 0 Å². The normalized spacial score (nSPS) is 14.4. The molecule has 3 aromatic rings. The molecule has 30 heavy (non-hydrogen) atoms. The molecule has 2 N–H and O–H groups in total. The first-order valence-corrected chi connectivity index (χ1v) is 12.3. The number of aromatic nitrogens is 2. The molecule has 0 spiro atoms. The van der Waals surface area contributed by atoms with Crippen molar-refractivity contribution >= 4 is 48.6 Å². The first-order chi connectivity index (χ1) is 14.5. The highest BCUT2D eigenvalue weighted by molar-refractivity contribution is 9.10. The smallest absolute Gasteiger partial charge is 0.263 e. The molecule has 6 nitrogen and oxygen atoms in total. The first-order valence-electron chi connectivity index (χ1n) is 9.98. The summed E-state index contributed by atoms with van der Waals surface area (Å²) in [6, 6.07) is 13.9. The van der Waals surface area contributed by atoms with Crippen LogP contribution in [0, 0.1) is 0 Å². The Morgan fingerprint density at radius 2 is 1.63 bits per heavy atom. The van der Waals surface area contributed by atoms with Crippen molar-refractivity contribution in [1.82, 2.24) is 9.97 Å². The molecule has 0 bridgehead atoms. The van der Waals surface area contributed by atoms with Gasteiger partial charge in [-0.05, 0) is 68.5 Å². The van der Waals surface area contributed by atoms with E-state index in [9.17, 15) is 8.42 Å². The number of rotatable bonds is 7. The predicted molar refractivity (Wildman–Crippen MR) is 124 cm³/mol. The molecule has 4 rings (SSSR count). The molecule has 0 unspecified atom stereocenters. The molecular formula is C22H23BrN4O2S. The van der Waals surface area contributed by atoms with Gasteiger partial charge in [0.1, 0.15) is 0 Å². The Bertz CT molecular complexity index is 1180. The number of allylic oxidation sites excluding steroid dienone is 1. The van der Waals surface area contributed by atoms with Crippen LogP contribution >= 0.6 is 15.9 Å². The lowest BCUT2D eigenvalue weighted by molar-refractivity contribution is 0.601. The number of nitrogens with one attached hydrogen (secondary N) is 2. The molecule has 1 heterocycles. The van der Waals surface area contributed by atoms with Crippen LogP contribution in [0.4, 0.5) is 11.6 Å². The Morgan fingerprint density at radius 3 is 2.30 bits per heavy atom. The monoisotopic (exact) mass is 486 g/mol. The van der Waals surface area contributed by atoms with E-state index in [0.717, 1.165) is 23.7 Å². The van der Waals surface area contributed by atoms with Gasteiger partial charge in [-0.15, -0.1) is 0 Å². The van der Waals surface area contributed by atoms with E-state index in [1.54, 1.807) is 24.3 Å². The van der Waals surface area contributed by atoms with Gasteiger partial charge in [0.15, 0.2) is 11.6 Å². The van der Waals surface area contributed by atoms with Crippen molar-refractivity contribution in [3.05, 3.63) is 64.7 Å². The van der Waals surface area contributed by atoms with Crippen LogP contribution in [-0.2, 0) is 10.0 Å². The molecule has 0 saturated heterocycles. The second-order valence-corrected chi connectivity index (χ2v) is 9.85. The van der Waals surface area contributed by atoms with Crippen molar-refractivity contribution in [3.63, 3.8) is 0 Å².